The van der Waals surface area contributed by atoms with Crippen LogP contribution in [-0.2, 0) is 6.61 Å². The summed E-state index contributed by atoms with van der Waals surface area (Å²) in [5.74, 6) is 0.315. The van der Waals surface area contributed by atoms with E-state index >= 15 is 0 Å². The molecule has 1 heterocycles. The second-order valence-electron chi connectivity index (χ2n) is 4.36. The monoisotopic (exact) mass is 331 g/mol. The molecule has 1 aromatic heterocycles. The van der Waals surface area contributed by atoms with Crippen molar-refractivity contribution in [3.05, 3.63) is 70.6 Å². The lowest BCUT2D eigenvalue weighted by molar-refractivity contribution is 0.306. The Bertz CT molecular complexity index is 755. The zero-order valence-corrected chi connectivity index (χ0v) is 12.1. The van der Waals surface area contributed by atoms with E-state index in [-0.39, 0.29) is 5.82 Å². The van der Waals surface area contributed by atoms with Crippen molar-refractivity contribution in [1.29, 1.82) is 0 Å². The molecule has 4 heteroatoms. The average molecular weight is 332 g/mol. The second-order valence-corrected chi connectivity index (χ2v) is 5.21. The summed E-state index contributed by atoms with van der Waals surface area (Å²) in [5, 5.41) is 1.08. The number of para-hydroxylation sites is 1. The molecule has 0 radical (unpaired) electrons. The lowest BCUT2D eigenvalue weighted by Crippen LogP contribution is -1.97. The molecular formula is C16H11BrFNO. The zero-order chi connectivity index (χ0) is 13.9. The first kappa shape index (κ1) is 13.1. The highest BCUT2D eigenvalue weighted by Gasteiger charge is 2.04. The Labute approximate surface area is 124 Å². The summed E-state index contributed by atoms with van der Waals surface area (Å²) in [4.78, 5) is 4.38. The van der Waals surface area contributed by atoms with E-state index in [0.717, 1.165) is 16.5 Å². The Kier molecular flexibility index (Phi) is 3.65. The minimum Gasteiger partial charge on any atom is -0.489 e. The molecule has 0 aliphatic rings. The number of hydrogen-bond donors (Lipinski definition) is 0. The zero-order valence-electron chi connectivity index (χ0n) is 10.5. The van der Waals surface area contributed by atoms with Crippen LogP contribution in [-0.4, -0.2) is 4.98 Å². The van der Waals surface area contributed by atoms with Gasteiger partial charge in [-0.05, 0) is 40.2 Å². The molecule has 3 aromatic rings. The van der Waals surface area contributed by atoms with E-state index in [9.17, 15) is 4.39 Å². The predicted octanol–water partition coefficient (Wildman–Crippen LogP) is 4.72. The van der Waals surface area contributed by atoms with Crippen molar-refractivity contribution in [2.45, 2.75) is 6.61 Å². The molecule has 0 N–H and O–H groups in total. The minimum absolute atomic E-state index is 0.302. The van der Waals surface area contributed by atoms with E-state index in [1.165, 1.54) is 6.07 Å². The van der Waals surface area contributed by atoms with Gasteiger partial charge in [0.2, 0.25) is 0 Å². The molecule has 3 rings (SSSR count). The van der Waals surface area contributed by atoms with E-state index in [1.807, 2.05) is 30.3 Å². The van der Waals surface area contributed by atoms with Crippen LogP contribution in [0.3, 0.4) is 0 Å². The summed E-state index contributed by atoms with van der Waals surface area (Å²) >= 11 is 3.14. The van der Waals surface area contributed by atoms with E-state index < -0.39 is 0 Å². The Morgan fingerprint density at radius 2 is 1.95 bits per heavy atom. The third-order valence-corrected chi connectivity index (χ3v) is 3.61. The van der Waals surface area contributed by atoms with Gasteiger partial charge in [-0.2, -0.15) is 0 Å². The topological polar surface area (TPSA) is 22.1 Å². The molecule has 0 saturated carbocycles. The van der Waals surface area contributed by atoms with Crippen LogP contribution >= 0.6 is 15.9 Å². The second kappa shape index (κ2) is 5.59. The summed E-state index contributed by atoms with van der Waals surface area (Å²) in [7, 11) is 0. The third kappa shape index (κ3) is 2.65. The van der Waals surface area contributed by atoms with Crippen LogP contribution in [0.1, 0.15) is 5.56 Å². The van der Waals surface area contributed by atoms with Crippen LogP contribution in [0.4, 0.5) is 4.39 Å². The lowest BCUT2D eigenvalue weighted by Gasteiger charge is -2.09. The molecule has 0 aliphatic carbocycles. The fraction of sp³-hybridized carbons (Fsp3) is 0.0625. The Balaban J connectivity index is 1.85. The van der Waals surface area contributed by atoms with Crippen molar-refractivity contribution in [1.82, 2.24) is 4.98 Å². The third-order valence-electron chi connectivity index (χ3n) is 3.00. The van der Waals surface area contributed by atoms with E-state index in [0.29, 0.717) is 16.8 Å². The number of pyridine rings is 1. The molecule has 0 saturated heterocycles. The molecule has 0 unspecified atom stereocenters. The van der Waals surface area contributed by atoms with Gasteiger partial charge in [-0.1, -0.05) is 24.3 Å². The Morgan fingerprint density at radius 1 is 1.10 bits per heavy atom. The number of halogens is 2. The van der Waals surface area contributed by atoms with Gasteiger partial charge in [0.05, 0.1) is 9.99 Å². The number of fused-ring (bicyclic) bond motifs is 1. The maximum atomic E-state index is 13.2. The average Bonchev–Trinajstić information content (AvgIpc) is 2.48. The number of ether oxygens (including phenoxy) is 1. The molecule has 0 spiro atoms. The van der Waals surface area contributed by atoms with E-state index in [1.54, 1.807) is 18.3 Å². The standard InChI is InChI=1S/C16H11BrFNO/c17-14-9-13(6-7-15(14)18)20-10-12-4-1-3-11-5-2-8-19-16(11)12/h1-9H,10H2. The summed E-state index contributed by atoms with van der Waals surface area (Å²) < 4.78 is 19.3. The summed E-state index contributed by atoms with van der Waals surface area (Å²) in [5.41, 5.74) is 1.93. The van der Waals surface area contributed by atoms with Gasteiger partial charge < -0.3 is 4.74 Å². The van der Waals surface area contributed by atoms with Crippen LogP contribution in [0.25, 0.3) is 10.9 Å². The Hall–Kier alpha value is -1.94. The van der Waals surface area contributed by atoms with Crippen LogP contribution in [0.5, 0.6) is 5.75 Å². The highest BCUT2D eigenvalue weighted by molar-refractivity contribution is 9.10. The number of rotatable bonds is 3. The van der Waals surface area contributed by atoms with Crippen molar-refractivity contribution in [2.75, 3.05) is 0 Å². The molecule has 0 amide bonds. The molecule has 100 valence electrons. The van der Waals surface area contributed by atoms with Crippen LogP contribution in [0, 0.1) is 5.82 Å². The molecule has 0 aliphatic heterocycles. The molecule has 2 nitrogen and oxygen atoms in total. The number of nitrogens with zero attached hydrogens (tertiary/aromatic N) is 1. The summed E-state index contributed by atoms with van der Waals surface area (Å²) in [6.07, 6.45) is 1.76. The first-order valence-electron chi connectivity index (χ1n) is 6.14. The van der Waals surface area contributed by atoms with Gasteiger partial charge in [-0.15, -0.1) is 0 Å². The van der Waals surface area contributed by atoms with Crippen molar-refractivity contribution in [3.8, 4) is 5.75 Å². The Morgan fingerprint density at radius 3 is 2.80 bits per heavy atom. The van der Waals surface area contributed by atoms with Gasteiger partial charge >= 0.3 is 0 Å². The van der Waals surface area contributed by atoms with E-state index in [2.05, 4.69) is 20.9 Å². The molecule has 0 bridgehead atoms. The summed E-state index contributed by atoms with van der Waals surface area (Å²) in [6.45, 7) is 0.395. The first-order valence-corrected chi connectivity index (χ1v) is 6.94. The molecule has 0 fully saturated rings. The predicted molar refractivity (Wildman–Crippen MR) is 80.2 cm³/mol. The fourth-order valence-corrected chi connectivity index (χ4v) is 2.37. The van der Waals surface area contributed by atoms with Gasteiger partial charge in [-0.3, -0.25) is 4.98 Å². The van der Waals surface area contributed by atoms with Gasteiger partial charge in [-0.25, -0.2) is 4.39 Å². The van der Waals surface area contributed by atoms with Crippen molar-refractivity contribution >= 4 is 26.8 Å². The summed E-state index contributed by atoms with van der Waals surface area (Å²) in [6, 6.07) is 14.5. The van der Waals surface area contributed by atoms with Crippen molar-refractivity contribution in [3.63, 3.8) is 0 Å². The largest absolute Gasteiger partial charge is 0.489 e. The number of benzene rings is 2. The van der Waals surface area contributed by atoms with Crippen molar-refractivity contribution in [2.24, 2.45) is 0 Å². The van der Waals surface area contributed by atoms with Gasteiger partial charge in [0.25, 0.3) is 0 Å². The highest BCUT2D eigenvalue weighted by atomic mass is 79.9. The van der Waals surface area contributed by atoms with Gasteiger partial charge in [0.15, 0.2) is 0 Å². The molecular weight excluding hydrogens is 321 g/mol. The number of aromatic nitrogens is 1. The fourth-order valence-electron chi connectivity index (χ4n) is 2.01. The van der Waals surface area contributed by atoms with Crippen LogP contribution in [0.2, 0.25) is 0 Å². The normalized spacial score (nSPS) is 10.7. The maximum absolute atomic E-state index is 13.2. The minimum atomic E-state index is -0.302. The van der Waals surface area contributed by atoms with E-state index in [4.69, 9.17) is 4.74 Å². The lowest BCUT2D eigenvalue weighted by atomic mass is 10.1. The van der Waals surface area contributed by atoms with Crippen LogP contribution < -0.4 is 4.74 Å². The van der Waals surface area contributed by atoms with Crippen molar-refractivity contribution < 1.29 is 9.13 Å². The highest BCUT2D eigenvalue weighted by Crippen LogP contribution is 2.23. The molecule has 0 atom stereocenters. The number of hydrogen-bond acceptors (Lipinski definition) is 2. The molecule has 2 aromatic carbocycles. The van der Waals surface area contributed by atoms with Gasteiger partial charge in [0, 0.05) is 17.1 Å². The molecule has 20 heavy (non-hydrogen) atoms. The SMILES string of the molecule is Fc1ccc(OCc2cccc3cccnc23)cc1Br. The van der Waals surface area contributed by atoms with Crippen LogP contribution in [0.15, 0.2) is 59.2 Å². The first-order chi connectivity index (χ1) is 9.74. The van der Waals surface area contributed by atoms with Gasteiger partial charge in [0.1, 0.15) is 18.2 Å². The maximum Gasteiger partial charge on any atom is 0.137 e. The quantitative estimate of drug-likeness (QED) is 0.693. The smallest absolute Gasteiger partial charge is 0.137 e.